The number of rotatable bonds is 1. The number of hydrogen-bond acceptors (Lipinski definition) is 2. The van der Waals surface area contributed by atoms with Gasteiger partial charge in [-0.15, -0.1) is 0 Å². The number of sulfone groups is 1. The molecule has 0 spiro atoms. The standard InChI is InChI=1S/C12H8O2S.C6H3F2.Bi/c13-15(14,11-7-3-1-4-8-11)12-9-5-2-6-10-12;7-5-1-2-6(8)4-3-5;/h1-7,9H;1-3H;. The van der Waals surface area contributed by atoms with E-state index in [0.717, 1.165) is 12.1 Å². The van der Waals surface area contributed by atoms with Gasteiger partial charge in [-0.25, -0.2) is 0 Å². The summed E-state index contributed by atoms with van der Waals surface area (Å²) < 4.78 is 55.7. The molecule has 24 heavy (non-hydrogen) atoms. The summed E-state index contributed by atoms with van der Waals surface area (Å²) in [5.41, 5.74) is 0. The van der Waals surface area contributed by atoms with Crippen LogP contribution in [0.4, 0.5) is 8.78 Å². The van der Waals surface area contributed by atoms with Crippen LogP contribution in [0.3, 0.4) is 0 Å². The molecular weight excluding hydrogens is 527 g/mol. The molecule has 0 saturated carbocycles. The van der Waals surface area contributed by atoms with Gasteiger partial charge >= 0.3 is 147 Å². The van der Waals surface area contributed by atoms with Crippen LogP contribution in [0.5, 0.6) is 0 Å². The Kier molecular flexibility index (Phi) is 3.77. The van der Waals surface area contributed by atoms with Gasteiger partial charge in [-0.1, -0.05) is 0 Å². The Balaban J connectivity index is 2.11. The van der Waals surface area contributed by atoms with Crippen LogP contribution in [-0.4, -0.2) is 30.2 Å². The van der Waals surface area contributed by atoms with Crippen molar-refractivity contribution in [1.82, 2.24) is 0 Å². The Labute approximate surface area is 146 Å². The van der Waals surface area contributed by atoms with Crippen molar-refractivity contribution in [2.45, 2.75) is 9.79 Å². The summed E-state index contributed by atoms with van der Waals surface area (Å²) in [4.78, 5) is 0.454. The van der Waals surface area contributed by atoms with Gasteiger partial charge in [-0.2, -0.15) is 0 Å². The Morgan fingerprint density at radius 2 is 1.25 bits per heavy atom. The predicted molar refractivity (Wildman–Crippen MR) is 89.3 cm³/mol. The van der Waals surface area contributed by atoms with E-state index in [0.29, 0.717) is 9.81 Å². The molecule has 0 fully saturated rings. The first kappa shape index (κ1) is 15.9. The van der Waals surface area contributed by atoms with Gasteiger partial charge in [-0.05, 0) is 0 Å². The van der Waals surface area contributed by atoms with Gasteiger partial charge in [0.15, 0.2) is 0 Å². The molecule has 4 rings (SSSR count). The molecule has 0 saturated heterocycles. The predicted octanol–water partition coefficient (Wildman–Crippen LogP) is 1.63. The summed E-state index contributed by atoms with van der Waals surface area (Å²) in [6.07, 6.45) is 0. The zero-order chi connectivity index (χ0) is 16.9. The fourth-order valence-corrected chi connectivity index (χ4v) is 18.0. The molecule has 0 aromatic heterocycles. The maximum absolute atomic E-state index is 14.5. The summed E-state index contributed by atoms with van der Waals surface area (Å²) in [6.45, 7) is 0. The topological polar surface area (TPSA) is 34.1 Å². The van der Waals surface area contributed by atoms with Crippen molar-refractivity contribution in [2.24, 2.45) is 0 Å². The van der Waals surface area contributed by atoms with E-state index in [1.54, 1.807) is 48.5 Å². The molecule has 120 valence electrons. The first-order valence-corrected chi connectivity index (χ1v) is 13.9. The molecule has 6 heteroatoms. The van der Waals surface area contributed by atoms with Crippen molar-refractivity contribution in [3.05, 3.63) is 78.4 Å². The summed E-state index contributed by atoms with van der Waals surface area (Å²) in [5, 5.41) is 0. The fraction of sp³-hybridized carbons (Fsp3) is 0. The molecular formula is C18H11BiF2O2S. The Morgan fingerprint density at radius 1 is 0.708 bits per heavy atom. The van der Waals surface area contributed by atoms with Crippen molar-refractivity contribution >= 4 is 41.4 Å². The average Bonchev–Trinajstić information content (AvgIpc) is 2.58. The number of halogens is 2. The fourth-order valence-electron chi connectivity index (χ4n) is 2.90. The van der Waals surface area contributed by atoms with Gasteiger partial charge in [0.1, 0.15) is 0 Å². The van der Waals surface area contributed by atoms with E-state index in [9.17, 15) is 17.2 Å². The first-order chi connectivity index (χ1) is 11.5. The van der Waals surface area contributed by atoms with Crippen LogP contribution >= 0.6 is 0 Å². The zero-order valence-electron chi connectivity index (χ0n) is 12.3. The molecule has 3 aromatic rings. The summed E-state index contributed by atoms with van der Waals surface area (Å²) >= 11 is -3.24. The van der Waals surface area contributed by atoms with E-state index >= 15 is 0 Å². The molecule has 0 N–H and O–H groups in total. The molecule has 1 heterocycles. The van der Waals surface area contributed by atoms with Gasteiger partial charge in [-0.3, -0.25) is 0 Å². The normalized spacial score (nSPS) is 15.6. The van der Waals surface area contributed by atoms with Crippen molar-refractivity contribution in [1.29, 1.82) is 0 Å². The Hall–Kier alpha value is -1.65. The van der Waals surface area contributed by atoms with Crippen molar-refractivity contribution in [3.8, 4) is 0 Å². The molecule has 0 aliphatic carbocycles. The van der Waals surface area contributed by atoms with Gasteiger partial charge < -0.3 is 0 Å². The molecule has 0 amide bonds. The van der Waals surface area contributed by atoms with E-state index in [1.165, 1.54) is 6.07 Å². The maximum atomic E-state index is 14.5. The first-order valence-electron chi connectivity index (χ1n) is 7.18. The zero-order valence-corrected chi connectivity index (χ0v) is 16.6. The third-order valence-electron chi connectivity index (χ3n) is 3.94. The van der Waals surface area contributed by atoms with Crippen LogP contribution in [0.1, 0.15) is 0 Å². The second kappa shape index (κ2) is 5.71. The third-order valence-corrected chi connectivity index (χ3v) is 17.0. The van der Waals surface area contributed by atoms with E-state index in [-0.39, 0.29) is 9.79 Å². The van der Waals surface area contributed by atoms with E-state index in [1.807, 2.05) is 0 Å². The second-order valence-corrected chi connectivity index (χ2v) is 15.5. The molecule has 3 aromatic carbocycles. The summed E-state index contributed by atoms with van der Waals surface area (Å²) in [6, 6.07) is 16.8. The van der Waals surface area contributed by atoms with Crippen LogP contribution in [0.25, 0.3) is 0 Å². The molecule has 0 unspecified atom stereocenters. The van der Waals surface area contributed by atoms with E-state index in [2.05, 4.69) is 0 Å². The van der Waals surface area contributed by atoms with Gasteiger partial charge in [0, 0.05) is 0 Å². The van der Waals surface area contributed by atoms with Crippen LogP contribution < -0.4 is 9.81 Å². The van der Waals surface area contributed by atoms with Crippen molar-refractivity contribution in [2.75, 3.05) is 0 Å². The van der Waals surface area contributed by atoms with Gasteiger partial charge in [0.2, 0.25) is 0 Å². The minimum absolute atomic E-state index is 0.227. The molecule has 0 atom stereocenters. The van der Waals surface area contributed by atoms with Crippen LogP contribution in [0, 0.1) is 11.6 Å². The number of benzene rings is 3. The molecule has 0 radical (unpaired) electrons. The molecule has 0 bridgehead atoms. The van der Waals surface area contributed by atoms with Gasteiger partial charge in [0.25, 0.3) is 0 Å². The monoisotopic (exact) mass is 538 g/mol. The quantitative estimate of drug-likeness (QED) is 0.346. The number of hydrogen-bond donors (Lipinski definition) is 0. The van der Waals surface area contributed by atoms with Crippen LogP contribution in [0.2, 0.25) is 0 Å². The SMILES string of the molecule is O=S1(=O)c2cccc[c]2[Bi]([c]2cc(F)ccc2F)[c]2ccccc21. The Morgan fingerprint density at radius 3 is 1.83 bits per heavy atom. The molecule has 1 aliphatic rings. The summed E-state index contributed by atoms with van der Waals surface area (Å²) in [7, 11) is -3.63. The second-order valence-electron chi connectivity index (χ2n) is 5.37. The summed E-state index contributed by atoms with van der Waals surface area (Å²) in [5.74, 6) is -0.983. The molecule has 2 nitrogen and oxygen atoms in total. The van der Waals surface area contributed by atoms with Crippen LogP contribution in [-0.2, 0) is 9.84 Å². The van der Waals surface area contributed by atoms with Crippen LogP contribution in [0.15, 0.2) is 76.5 Å². The Bertz CT molecular complexity index is 1010. The van der Waals surface area contributed by atoms with E-state index in [4.69, 9.17) is 0 Å². The third kappa shape index (κ3) is 2.32. The minimum atomic E-state index is -3.63. The number of fused-ring (bicyclic) bond motifs is 2. The average molecular weight is 538 g/mol. The van der Waals surface area contributed by atoms with Crippen molar-refractivity contribution in [3.63, 3.8) is 0 Å². The van der Waals surface area contributed by atoms with E-state index < -0.39 is 43.2 Å². The van der Waals surface area contributed by atoms with Gasteiger partial charge in [0.05, 0.1) is 0 Å². The molecule has 1 aliphatic heterocycles. The van der Waals surface area contributed by atoms with Crippen molar-refractivity contribution < 1.29 is 17.2 Å².